The second-order valence-electron chi connectivity index (χ2n) is 7.38. The van der Waals surface area contributed by atoms with Crippen molar-refractivity contribution in [1.82, 2.24) is 0 Å². The van der Waals surface area contributed by atoms with Crippen LogP contribution in [-0.4, -0.2) is 77.8 Å². The molecule has 31 heavy (non-hydrogen) atoms. The Balaban J connectivity index is 1.72. The van der Waals surface area contributed by atoms with E-state index in [1.54, 1.807) is 12.1 Å². The Bertz CT molecular complexity index is 971. The van der Waals surface area contributed by atoms with Gasteiger partial charge in [0, 0.05) is 12.1 Å². The highest BCUT2D eigenvalue weighted by molar-refractivity contribution is 5.69. The molecular formula is C21H23O10+. The first-order valence-corrected chi connectivity index (χ1v) is 9.53. The number of phenols is 3. The first kappa shape index (κ1) is 21.2. The summed E-state index contributed by atoms with van der Waals surface area (Å²) in [7, 11) is 0. The van der Waals surface area contributed by atoms with Crippen LogP contribution in [0.3, 0.4) is 0 Å². The highest BCUT2D eigenvalue weighted by Gasteiger charge is 2.46. The molecule has 0 aliphatic carbocycles. The van der Waals surface area contributed by atoms with Gasteiger partial charge in [0.1, 0.15) is 47.2 Å². The average molecular weight is 435 g/mol. The fourth-order valence-electron chi connectivity index (χ4n) is 3.58. The maximum Gasteiger partial charge on any atom is 0.270 e. The maximum atomic E-state index is 10.3. The van der Waals surface area contributed by atoms with E-state index in [0.29, 0.717) is 5.56 Å². The average Bonchev–Trinajstić information content (AvgIpc) is 2.74. The van der Waals surface area contributed by atoms with Gasteiger partial charge in [-0.2, -0.15) is 0 Å². The Morgan fingerprint density at radius 1 is 0.903 bits per heavy atom. The number of hydrogen-bond acceptors (Lipinski definition) is 9. The van der Waals surface area contributed by atoms with Crippen molar-refractivity contribution >= 4 is 6.08 Å². The van der Waals surface area contributed by atoms with Crippen LogP contribution in [-0.2, 0) is 9.47 Å². The number of ether oxygens (including phenoxy) is 3. The predicted molar refractivity (Wildman–Crippen MR) is 105 cm³/mol. The van der Waals surface area contributed by atoms with Crippen LogP contribution in [0.1, 0.15) is 17.2 Å². The minimum Gasteiger partial charge on any atom is -0.571 e. The third kappa shape index (κ3) is 3.99. The Kier molecular flexibility index (Phi) is 5.65. The van der Waals surface area contributed by atoms with Gasteiger partial charge in [-0.15, -0.1) is 0 Å². The molecule has 166 valence electrons. The van der Waals surface area contributed by atoms with Crippen LogP contribution in [0.2, 0.25) is 0 Å². The predicted octanol–water partition coefficient (Wildman–Crippen LogP) is -0.0430. The molecule has 1 saturated heterocycles. The molecule has 0 saturated carbocycles. The molecule has 2 aromatic rings. The van der Waals surface area contributed by atoms with Gasteiger partial charge in [0.25, 0.3) is 11.9 Å². The summed E-state index contributed by atoms with van der Waals surface area (Å²) in [6.07, 6.45) is -6.74. The van der Waals surface area contributed by atoms with Gasteiger partial charge >= 0.3 is 0 Å². The van der Waals surface area contributed by atoms with Crippen LogP contribution >= 0.6 is 0 Å². The lowest BCUT2D eigenvalue weighted by Gasteiger charge is -2.40. The lowest BCUT2D eigenvalue weighted by Crippen LogP contribution is -2.59. The van der Waals surface area contributed by atoms with Crippen molar-refractivity contribution in [3.05, 3.63) is 53.3 Å². The monoisotopic (exact) mass is 435 g/mol. The number of aliphatic hydroxyl groups is 5. The molecule has 2 aliphatic heterocycles. The van der Waals surface area contributed by atoms with E-state index in [1.165, 1.54) is 24.3 Å². The van der Waals surface area contributed by atoms with Gasteiger partial charge in [0.05, 0.1) is 18.2 Å². The largest absolute Gasteiger partial charge is 0.571 e. The van der Waals surface area contributed by atoms with Gasteiger partial charge < -0.3 is 50.0 Å². The molecule has 2 aromatic carbocycles. The minimum absolute atomic E-state index is 0.0376. The fraction of sp³-hybridized carbons (Fsp3) is 0.333. The van der Waals surface area contributed by atoms with Gasteiger partial charge in [-0.3, -0.25) is 0 Å². The van der Waals surface area contributed by atoms with Crippen LogP contribution in [0, 0.1) is 0 Å². The smallest absolute Gasteiger partial charge is 0.270 e. The summed E-state index contributed by atoms with van der Waals surface area (Å²) in [5, 5.41) is 69.3. The van der Waals surface area contributed by atoms with E-state index in [2.05, 4.69) is 4.74 Å². The Labute approximate surface area is 176 Å². The van der Waals surface area contributed by atoms with Crippen molar-refractivity contribution in [2.24, 2.45) is 0 Å². The molecule has 2 aliphatic rings. The van der Waals surface area contributed by atoms with E-state index in [0.717, 1.165) is 6.07 Å². The van der Waals surface area contributed by atoms with Crippen LogP contribution in [0.15, 0.2) is 42.2 Å². The summed E-state index contributed by atoms with van der Waals surface area (Å²) in [6, 6.07) is 8.60. The summed E-state index contributed by atoms with van der Waals surface area (Å²) in [6.45, 7) is -0.613. The van der Waals surface area contributed by atoms with Gasteiger partial charge in [-0.05, 0) is 24.3 Å². The van der Waals surface area contributed by atoms with Crippen LogP contribution in [0.25, 0.3) is 6.08 Å². The van der Waals surface area contributed by atoms with E-state index >= 15 is 0 Å². The van der Waals surface area contributed by atoms with E-state index in [-0.39, 0.29) is 34.3 Å². The van der Waals surface area contributed by atoms with E-state index in [9.17, 15) is 35.7 Å². The fourth-order valence-corrected chi connectivity index (χ4v) is 3.58. The normalized spacial score (nSPS) is 30.1. The van der Waals surface area contributed by atoms with Gasteiger partial charge in [0.15, 0.2) is 5.76 Å². The zero-order chi connectivity index (χ0) is 22.3. The molecule has 1 unspecified atom stereocenters. The molecule has 0 radical (unpaired) electrons. The molecule has 1 fully saturated rings. The zero-order valence-corrected chi connectivity index (χ0v) is 16.1. The van der Waals surface area contributed by atoms with Crippen LogP contribution in [0.4, 0.5) is 0 Å². The van der Waals surface area contributed by atoms with Crippen molar-refractivity contribution in [3.63, 3.8) is 0 Å². The molecule has 4 rings (SSSR count). The maximum absolute atomic E-state index is 10.3. The molecule has 0 spiro atoms. The van der Waals surface area contributed by atoms with Crippen molar-refractivity contribution in [2.75, 3.05) is 6.61 Å². The molecule has 10 nitrogen and oxygen atoms in total. The number of aromatic hydroxyl groups is 4. The third-order valence-corrected chi connectivity index (χ3v) is 5.25. The van der Waals surface area contributed by atoms with E-state index in [4.69, 9.17) is 9.47 Å². The van der Waals surface area contributed by atoms with Gasteiger partial charge in [-0.25, -0.2) is 0 Å². The zero-order valence-electron chi connectivity index (χ0n) is 16.1. The molecule has 8 N–H and O–H groups in total. The SMILES string of the molecule is OC[C@H]1O[C@@H](OC2=Cc3c(O)cc(O)cc3[OH+]C2c2ccc(O)cc2)[C@H](O)[C@H](O)[C@H]1O. The second-order valence-corrected chi connectivity index (χ2v) is 7.38. The standard InChI is InChI=1S/C21H22O10/c22-8-16-17(26)18(27)19(28)21(31-16)30-15-7-12-13(25)5-11(24)6-14(12)29-20(15)9-1-3-10(23)4-2-9/h1-7,16-28H,8H2/p+1/t16-,17+,18-,19-,20?,21-/m1/s1. The van der Waals surface area contributed by atoms with Crippen LogP contribution in [0.5, 0.6) is 23.0 Å². The Hall–Kier alpha value is -3.02. The van der Waals surface area contributed by atoms with Gasteiger partial charge in [-0.1, -0.05) is 0 Å². The molecule has 6 atom stereocenters. The number of hydrogen-bond donors (Lipinski definition) is 7. The topological polar surface area (TPSA) is 173 Å². The minimum atomic E-state index is -1.63. The molecule has 0 aromatic heterocycles. The highest BCUT2D eigenvalue weighted by Crippen LogP contribution is 2.45. The first-order valence-electron chi connectivity index (χ1n) is 9.53. The molecule has 10 heteroatoms. The number of rotatable bonds is 4. The Morgan fingerprint density at radius 2 is 1.61 bits per heavy atom. The summed E-state index contributed by atoms with van der Waals surface area (Å²) in [4.78, 5) is 0. The van der Waals surface area contributed by atoms with Crippen molar-refractivity contribution < 1.29 is 50.0 Å². The van der Waals surface area contributed by atoms with E-state index < -0.39 is 43.4 Å². The van der Waals surface area contributed by atoms with Crippen molar-refractivity contribution in [1.29, 1.82) is 0 Å². The molecular weight excluding hydrogens is 412 g/mol. The molecule has 2 heterocycles. The van der Waals surface area contributed by atoms with Crippen molar-refractivity contribution in [3.8, 4) is 23.0 Å². The summed E-state index contributed by atoms with van der Waals surface area (Å²) >= 11 is 0. The number of aliphatic hydroxyl groups excluding tert-OH is 4. The van der Waals surface area contributed by atoms with Crippen molar-refractivity contribution in [2.45, 2.75) is 36.8 Å². The number of fused-ring (bicyclic) bond motifs is 1. The number of benzene rings is 2. The molecule has 0 amide bonds. The summed E-state index contributed by atoms with van der Waals surface area (Å²) in [5.74, 6) is 0.0184. The van der Waals surface area contributed by atoms with E-state index in [1.807, 2.05) is 0 Å². The summed E-state index contributed by atoms with van der Waals surface area (Å²) < 4.78 is 15.7. The molecule has 0 bridgehead atoms. The van der Waals surface area contributed by atoms with Crippen LogP contribution < -0.4 is 0 Å². The third-order valence-electron chi connectivity index (χ3n) is 5.25. The summed E-state index contributed by atoms with van der Waals surface area (Å²) in [5.41, 5.74) is 0.842. The number of phenolic OH excluding ortho intramolecular Hbond substituents is 3. The van der Waals surface area contributed by atoms with Gasteiger partial charge in [0.2, 0.25) is 6.29 Å². The first-order chi connectivity index (χ1) is 14.8. The lowest BCUT2D eigenvalue weighted by atomic mass is 9.98. The lowest BCUT2D eigenvalue weighted by molar-refractivity contribution is -0.295. The highest BCUT2D eigenvalue weighted by atomic mass is 16.7. The Morgan fingerprint density at radius 3 is 2.29 bits per heavy atom. The second kappa shape index (κ2) is 8.25. The quantitative estimate of drug-likeness (QED) is 0.325.